The zero-order valence-corrected chi connectivity index (χ0v) is 16.2. The lowest BCUT2D eigenvalue weighted by Gasteiger charge is -2.12. The van der Waals surface area contributed by atoms with Gasteiger partial charge in [0.2, 0.25) is 0 Å². The Morgan fingerprint density at radius 2 is 1.63 bits per heavy atom. The van der Waals surface area contributed by atoms with E-state index in [4.69, 9.17) is 4.98 Å². The van der Waals surface area contributed by atoms with E-state index >= 15 is 0 Å². The van der Waals surface area contributed by atoms with Crippen LogP contribution < -0.4 is 5.32 Å². The fraction of sp³-hybridized carbons (Fsp3) is 0.182. The number of amides is 1. The van der Waals surface area contributed by atoms with Gasteiger partial charge < -0.3 is 10.2 Å². The molecule has 0 aliphatic rings. The molecule has 0 aliphatic heterocycles. The first-order valence-corrected chi connectivity index (χ1v) is 8.77. The fourth-order valence-electron chi connectivity index (χ4n) is 3.27. The summed E-state index contributed by atoms with van der Waals surface area (Å²) in [6.07, 6.45) is 0. The summed E-state index contributed by atoms with van der Waals surface area (Å²) >= 11 is 0. The van der Waals surface area contributed by atoms with Crippen molar-refractivity contribution in [2.45, 2.75) is 0 Å². The second kappa shape index (κ2) is 7.91. The van der Waals surface area contributed by atoms with Crippen molar-refractivity contribution < 1.29 is 4.79 Å². The first kappa shape index (κ1) is 19.1. The van der Waals surface area contributed by atoms with Gasteiger partial charge >= 0.3 is 0 Å². The molecule has 0 fully saturated rings. The predicted molar refractivity (Wildman–Crippen MR) is 115 cm³/mol. The number of fused-ring (bicyclic) bond motifs is 4. The molecule has 1 aromatic heterocycles. The van der Waals surface area contributed by atoms with Crippen molar-refractivity contribution in [3.05, 3.63) is 66.2 Å². The lowest BCUT2D eigenvalue weighted by molar-refractivity contribution is 0.0952. The van der Waals surface area contributed by atoms with Crippen LogP contribution in [0.15, 0.2) is 60.7 Å². The van der Waals surface area contributed by atoms with E-state index in [1.807, 2.05) is 49.3 Å². The minimum Gasteiger partial charge on any atom is -0.351 e. The number of hydrogen-bond acceptors (Lipinski definition) is 3. The zero-order valence-electron chi connectivity index (χ0n) is 15.4. The molecule has 0 saturated carbocycles. The molecule has 0 saturated heterocycles. The van der Waals surface area contributed by atoms with Gasteiger partial charge in [-0.3, -0.25) is 4.79 Å². The van der Waals surface area contributed by atoms with E-state index in [-0.39, 0.29) is 18.3 Å². The number of aromatic nitrogens is 1. The van der Waals surface area contributed by atoms with Crippen molar-refractivity contribution in [3.8, 4) is 0 Å². The van der Waals surface area contributed by atoms with Crippen LogP contribution in [0.5, 0.6) is 0 Å². The Bertz CT molecular complexity index is 1120. The number of likely N-dealkylation sites (N-methyl/N-ethyl adjacent to an activating group) is 1. The molecular formula is C22H22ClN3O. The molecule has 4 nitrogen and oxygen atoms in total. The number of benzene rings is 3. The van der Waals surface area contributed by atoms with E-state index in [0.717, 1.165) is 39.1 Å². The summed E-state index contributed by atoms with van der Waals surface area (Å²) in [7, 11) is 3.98. The highest BCUT2D eigenvalue weighted by Crippen LogP contribution is 2.28. The van der Waals surface area contributed by atoms with E-state index in [1.54, 1.807) is 0 Å². The lowest BCUT2D eigenvalue weighted by Crippen LogP contribution is -2.31. The number of halogens is 1. The number of nitrogens with zero attached hydrogens (tertiary/aromatic N) is 2. The molecule has 4 aromatic rings. The van der Waals surface area contributed by atoms with E-state index in [9.17, 15) is 4.79 Å². The molecule has 1 N–H and O–H groups in total. The van der Waals surface area contributed by atoms with Gasteiger partial charge in [-0.25, -0.2) is 4.98 Å². The smallest absolute Gasteiger partial charge is 0.253 e. The summed E-state index contributed by atoms with van der Waals surface area (Å²) in [6, 6.07) is 20.3. The van der Waals surface area contributed by atoms with Gasteiger partial charge in [0.1, 0.15) is 0 Å². The van der Waals surface area contributed by atoms with Gasteiger partial charge in [-0.1, -0.05) is 48.5 Å². The number of rotatable bonds is 4. The molecule has 4 rings (SSSR count). The number of carbonyl (C=O) groups excluding carboxylic acids is 1. The lowest BCUT2D eigenvalue weighted by atomic mass is 10.0. The molecule has 0 atom stereocenters. The van der Waals surface area contributed by atoms with Crippen molar-refractivity contribution >= 4 is 50.9 Å². The largest absolute Gasteiger partial charge is 0.351 e. The van der Waals surface area contributed by atoms with Crippen LogP contribution in [0.2, 0.25) is 0 Å². The minimum atomic E-state index is -0.0791. The molecule has 0 aliphatic carbocycles. The van der Waals surface area contributed by atoms with Crippen LogP contribution in [0, 0.1) is 0 Å². The van der Waals surface area contributed by atoms with Gasteiger partial charge in [0, 0.05) is 29.2 Å². The molecule has 1 amide bonds. The van der Waals surface area contributed by atoms with Gasteiger partial charge in [-0.15, -0.1) is 12.4 Å². The van der Waals surface area contributed by atoms with Gasteiger partial charge in [0.05, 0.1) is 16.6 Å². The monoisotopic (exact) mass is 379 g/mol. The summed E-state index contributed by atoms with van der Waals surface area (Å²) in [6.45, 7) is 1.41. The summed E-state index contributed by atoms with van der Waals surface area (Å²) in [5.74, 6) is -0.0791. The molecule has 1 heterocycles. The van der Waals surface area contributed by atoms with Gasteiger partial charge in [-0.2, -0.15) is 0 Å². The third kappa shape index (κ3) is 3.72. The second-order valence-electron chi connectivity index (χ2n) is 6.78. The fourth-order valence-corrected chi connectivity index (χ4v) is 3.27. The Labute approximate surface area is 164 Å². The Kier molecular flexibility index (Phi) is 5.59. The number of hydrogen-bond donors (Lipinski definition) is 1. The molecule has 138 valence electrons. The SMILES string of the molecule is CN(C)CCNC(=O)c1cccc2cc3ccc4ccccc4c3nc12.Cl. The third-order valence-electron chi connectivity index (χ3n) is 4.62. The molecule has 5 heteroatoms. The zero-order chi connectivity index (χ0) is 18.1. The second-order valence-corrected chi connectivity index (χ2v) is 6.78. The van der Waals surface area contributed by atoms with Crippen molar-refractivity contribution in [3.63, 3.8) is 0 Å². The molecule has 0 unspecified atom stereocenters. The summed E-state index contributed by atoms with van der Waals surface area (Å²) in [4.78, 5) is 19.6. The topological polar surface area (TPSA) is 45.2 Å². The average molecular weight is 380 g/mol. The molecule has 0 bridgehead atoms. The van der Waals surface area contributed by atoms with E-state index in [2.05, 4.69) is 35.6 Å². The first-order chi connectivity index (χ1) is 12.6. The van der Waals surface area contributed by atoms with Gasteiger partial charge in [0.15, 0.2) is 0 Å². The maximum Gasteiger partial charge on any atom is 0.253 e. The number of pyridine rings is 1. The summed E-state index contributed by atoms with van der Waals surface area (Å²) < 4.78 is 0. The van der Waals surface area contributed by atoms with Gasteiger partial charge in [0.25, 0.3) is 5.91 Å². The molecule has 3 aromatic carbocycles. The predicted octanol–water partition coefficient (Wildman–Crippen LogP) is 4.25. The van der Waals surface area contributed by atoms with E-state index in [0.29, 0.717) is 12.1 Å². The van der Waals surface area contributed by atoms with Crippen LogP contribution in [0.4, 0.5) is 0 Å². The molecule has 0 spiro atoms. The third-order valence-corrected chi connectivity index (χ3v) is 4.62. The van der Waals surface area contributed by atoms with Crippen LogP contribution in [0.3, 0.4) is 0 Å². The van der Waals surface area contributed by atoms with Crippen LogP contribution >= 0.6 is 12.4 Å². The highest BCUT2D eigenvalue weighted by atomic mass is 35.5. The molecule has 0 radical (unpaired) electrons. The number of para-hydroxylation sites is 1. The van der Waals surface area contributed by atoms with Crippen molar-refractivity contribution in [1.29, 1.82) is 0 Å². The Morgan fingerprint density at radius 3 is 2.44 bits per heavy atom. The van der Waals surface area contributed by atoms with Crippen molar-refractivity contribution in [1.82, 2.24) is 15.2 Å². The van der Waals surface area contributed by atoms with Crippen LogP contribution in [-0.2, 0) is 0 Å². The summed E-state index contributed by atoms with van der Waals surface area (Å²) in [5, 5.41) is 7.31. The van der Waals surface area contributed by atoms with Crippen molar-refractivity contribution in [2.75, 3.05) is 27.2 Å². The average Bonchev–Trinajstić information content (AvgIpc) is 2.65. The Morgan fingerprint density at radius 1 is 0.926 bits per heavy atom. The Balaban J connectivity index is 0.00000210. The Hall–Kier alpha value is -2.69. The van der Waals surface area contributed by atoms with Gasteiger partial charge in [-0.05, 0) is 31.6 Å². The first-order valence-electron chi connectivity index (χ1n) is 8.77. The minimum absolute atomic E-state index is 0. The highest BCUT2D eigenvalue weighted by molar-refractivity contribution is 6.12. The normalized spacial score (nSPS) is 11.1. The number of nitrogens with one attached hydrogen (secondary N) is 1. The quantitative estimate of drug-likeness (QED) is 0.426. The van der Waals surface area contributed by atoms with E-state index in [1.165, 1.54) is 0 Å². The molecule has 27 heavy (non-hydrogen) atoms. The van der Waals surface area contributed by atoms with Crippen LogP contribution in [0.25, 0.3) is 32.6 Å². The maximum atomic E-state index is 12.7. The maximum absolute atomic E-state index is 12.7. The van der Waals surface area contributed by atoms with E-state index < -0.39 is 0 Å². The van der Waals surface area contributed by atoms with Crippen molar-refractivity contribution in [2.24, 2.45) is 0 Å². The standard InChI is InChI=1S/C22H21N3O.ClH/c1-25(2)13-12-23-22(26)19-9-5-7-16-14-17-11-10-15-6-3-4-8-18(15)20(17)24-21(16)19;/h3-11,14H,12-13H2,1-2H3,(H,23,26);1H. The van der Waals surface area contributed by atoms with Crippen LogP contribution in [-0.4, -0.2) is 43.0 Å². The highest BCUT2D eigenvalue weighted by Gasteiger charge is 2.12. The van der Waals surface area contributed by atoms with Crippen LogP contribution in [0.1, 0.15) is 10.4 Å². The number of carbonyl (C=O) groups is 1. The summed E-state index contributed by atoms with van der Waals surface area (Å²) in [5.41, 5.74) is 2.30. The molecular weight excluding hydrogens is 358 g/mol.